The second kappa shape index (κ2) is 9.22. The maximum absolute atomic E-state index is 13.0. The van der Waals surface area contributed by atoms with Crippen LogP contribution in [0.4, 0.5) is 5.69 Å². The molecule has 3 aromatic rings. The molecule has 0 saturated carbocycles. The van der Waals surface area contributed by atoms with Crippen LogP contribution in [-0.4, -0.2) is 34.0 Å². The minimum Gasteiger partial charge on any atom is -0.484 e. The number of ether oxygens (including phenoxy) is 1. The van der Waals surface area contributed by atoms with Crippen LogP contribution in [0.2, 0.25) is 0 Å². The molecule has 1 aliphatic heterocycles. The van der Waals surface area contributed by atoms with E-state index in [0.29, 0.717) is 25.3 Å². The zero-order valence-electron chi connectivity index (χ0n) is 17.0. The van der Waals surface area contributed by atoms with Gasteiger partial charge in [0.15, 0.2) is 6.61 Å². The van der Waals surface area contributed by atoms with E-state index in [-0.39, 0.29) is 17.4 Å². The lowest BCUT2D eigenvalue weighted by Gasteiger charge is -2.19. The van der Waals surface area contributed by atoms with E-state index in [0.717, 1.165) is 23.2 Å². The van der Waals surface area contributed by atoms with Crippen LogP contribution in [0.5, 0.6) is 5.75 Å². The lowest BCUT2D eigenvalue weighted by atomic mass is 10.1. The number of para-hydroxylation sites is 1. The molecule has 0 fully saturated rings. The minimum absolute atomic E-state index is 0.125. The van der Waals surface area contributed by atoms with Gasteiger partial charge in [-0.3, -0.25) is 9.10 Å². The normalized spacial score (nSPS) is 13.0. The highest BCUT2D eigenvalue weighted by Gasteiger charge is 2.30. The quantitative estimate of drug-likeness (QED) is 0.589. The van der Waals surface area contributed by atoms with Crippen LogP contribution in [0.3, 0.4) is 0 Å². The van der Waals surface area contributed by atoms with Crippen LogP contribution in [0.1, 0.15) is 11.1 Å². The minimum atomic E-state index is -3.64. The van der Waals surface area contributed by atoms with Gasteiger partial charge in [-0.05, 0) is 54.3 Å². The summed E-state index contributed by atoms with van der Waals surface area (Å²) in [6.07, 6.45) is 1.45. The lowest BCUT2D eigenvalue weighted by molar-refractivity contribution is -0.123. The molecule has 0 saturated heterocycles. The molecule has 6 nitrogen and oxygen atoms in total. The third-order valence-corrected chi connectivity index (χ3v) is 7.03. The molecular weight excluding hydrogens is 412 g/mol. The summed E-state index contributed by atoms with van der Waals surface area (Å²) in [5.74, 6) is 0.222. The molecule has 0 spiro atoms. The number of amides is 1. The Bertz CT molecular complexity index is 1150. The summed E-state index contributed by atoms with van der Waals surface area (Å²) in [5, 5.41) is 2.82. The van der Waals surface area contributed by atoms with Gasteiger partial charge in [-0.2, -0.15) is 0 Å². The largest absolute Gasteiger partial charge is 0.484 e. The Balaban J connectivity index is 1.31. The fourth-order valence-electron chi connectivity index (χ4n) is 3.58. The van der Waals surface area contributed by atoms with Gasteiger partial charge >= 0.3 is 0 Å². The Kier molecular flexibility index (Phi) is 6.23. The number of hydrogen-bond donors (Lipinski definition) is 1. The van der Waals surface area contributed by atoms with E-state index in [9.17, 15) is 13.2 Å². The predicted molar refractivity (Wildman–Crippen MR) is 120 cm³/mol. The van der Waals surface area contributed by atoms with Crippen molar-refractivity contribution in [2.24, 2.45) is 0 Å². The third kappa shape index (κ3) is 4.88. The second-order valence-electron chi connectivity index (χ2n) is 7.30. The standard InChI is InChI=1S/C24H24N2O4S/c27-24(25-16-14-19-6-2-1-3-7-19)18-30-21-10-12-22(13-11-21)31(28,29)26-17-15-20-8-4-5-9-23(20)26/h1-13H,14-18H2,(H,25,27). The van der Waals surface area contributed by atoms with Crippen LogP contribution in [0, 0.1) is 0 Å². The van der Waals surface area contributed by atoms with E-state index in [1.54, 1.807) is 12.1 Å². The molecule has 31 heavy (non-hydrogen) atoms. The summed E-state index contributed by atoms with van der Waals surface area (Å²) in [4.78, 5) is 12.2. The first kappa shape index (κ1) is 20.9. The van der Waals surface area contributed by atoms with Gasteiger partial charge < -0.3 is 10.1 Å². The van der Waals surface area contributed by atoms with Crippen LogP contribution in [-0.2, 0) is 27.7 Å². The number of carbonyl (C=O) groups is 1. The molecule has 0 radical (unpaired) electrons. The van der Waals surface area contributed by atoms with Gasteiger partial charge in [-0.15, -0.1) is 0 Å². The van der Waals surface area contributed by atoms with E-state index in [1.807, 2.05) is 54.6 Å². The number of hydrogen-bond acceptors (Lipinski definition) is 4. The number of anilines is 1. The van der Waals surface area contributed by atoms with E-state index in [2.05, 4.69) is 5.32 Å². The van der Waals surface area contributed by atoms with Crippen molar-refractivity contribution in [3.8, 4) is 5.75 Å². The number of benzene rings is 3. The van der Waals surface area contributed by atoms with E-state index in [1.165, 1.54) is 16.4 Å². The fourth-order valence-corrected chi connectivity index (χ4v) is 5.09. The first-order chi connectivity index (χ1) is 15.0. The Morgan fingerprint density at radius 3 is 2.42 bits per heavy atom. The Morgan fingerprint density at radius 1 is 0.935 bits per heavy atom. The van der Waals surface area contributed by atoms with Crippen LogP contribution in [0.25, 0.3) is 0 Å². The monoisotopic (exact) mass is 436 g/mol. The first-order valence-electron chi connectivity index (χ1n) is 10.2. The van der Waals surface area contributed by atoms with Crippen molar-refractivity contribution in [3.63, 3.8) is 0 Å². The summed E-state index contributed by atoms with van der Waals surface area (Å²) in [7, 11) is -3.64. The summed E-state index contributed by atoms with van der Waals surface area (Å²) in [6.45, 7) is 0.837. The van der Waals surface area contributed by atoms with E-state index < -0.39 is 10.0 Å². The summed E-state index contributed by atoms with van der Waals surface area (Å²) < 4.78 is 33.0. The van der Waals surface area contributed by atoms with Crippen LogP contribution < -0.4 is 14.4 Å². The van der Waals surface area contributed by atoms with Crippen LogP contribution >= 0.6 is 0 Å². The average molecular weight is 437 g/mol. The molecule has 0 aromatic heterocycles. The number of nitrogens with one attached hydrogen (secondary N) is 1. The molecule has 7 heteroatoms. The van der Waals surface area contributed by atoms with Crippen molar-refractivity contribution in [3.05, 3.63) is 90.0 Å². The molecular formula is C24H24N2O4S. The number of sulfonamides is 1. The molecule has 1 aliphatic rings. The molecule has 1 N–H and O–H groups in total. The summed E-state index contributed by atoms with van der Waals surface area (Å²) in [5.41, 5.74) is 2.92. The molecule has 1 amide bonds. The molecule has 0 unspecified atom stereocenters. The summed E-state index contributed by atoms with van der Waals surface area (Å²) in [6, 6.07) is 23.6. The van der Waals surface area contributed by atoms with Gasteiger partial charge in [0.05, 0.1) is 10.6 Å². The SMILES string of the molecule is O=C(COc1ccc(S(=O)(=O)N2CCc3ccccc32)cc1)NCCc1ccccc1. The van der Waals surface area contributed by atoms with Gasteiger partial charge in [0.1, 0.15) is 5.75 Å². The summed E-state index contributed by atoms with van der Waals surface area (Å²) >= 11 is 0. The fraction of sp³-hybridized carbons (Fsp3) is 0.208. The third-order valence-electron chi connectivity index (χ3n) is 5.20. The topological polar surface area (TPSA) is 75.7 Å². The average Bonchev–Trinajstić information content (AvgIpc) is 3.24. The smallest absolute Gasteiger partial charge is 0.264 e. The van der Waals surface area contributed by atoms with Crippen molar-refractivity contribution in [2.45, 2.75) is 17.7 Å². The highest BCUT2D eigenvalue weighted by molar-refractivity contribution is 7.92. The zero-order chi connectivity index (χ0) is 21.7. The van der Waals surface area contributed by atoms with E-state index >= 15 is 0 Å². The van der Waals surface area contributed by atoms with Crippen molar-refractivity contribution in [1.82, 2.24) is 5.32 Å². The Hall–Kier alpha value is -3.32. The van der Waals surface area contributed by atoms with Gasteiger partial charge in [-0.25, -0.2) is 8.42 Å². The van der Waals surface area contributed by atoms with Gasteiger partial charge in [0, 0.05) is 13.1 Å². The molecule has 0 bridgehead atoms. The lowest BCUT2D eigenvalue weighted by Crippen LogP contribution is -2.30. The Labute approximate surface area is 182 Å². The highest BCUT2D eigenvalue weighted by Crippen LogP contribution is 2.32. The van der Waals surface area contributed by atoms with Crippen molar-refractivity contribution in [2.75, 3.05) is 24.0 Å². The first-order valence-corrected chi connectivity index (χ1v) is 11.6. The molecule has 0 aliphatic carbocycles. The van der Waals surface area contributed by atoms with E-state index in [4.69, 9.17) is 4.74 Å². The van der Waals surface area contributed by atoms with Crippen molar-refractivity contribution in [1.29, 1.82) is 0 Å². The maximum atomic E-state index is 13.0. The zero-order valence-corrected chi connectivity index (χ0v) is 17.8. The van der Waals surface area contributed by atoms with Gasteiger partial charge in [-0.1, -0.05) is 48.5 Å². The number of carbonyl (C=O) groups excluding carboxylic acids is 1. The van der Waals surface area contributed by atoms with Crippen LogP contribution in [0.15, 0.2) is 83.8 Å². The van der Waals surface area contributed by atoms with Gasteiger partial charge in [0.25, 0.3) is 15.9 Å². The van der Waals surface area contributed by atoms with Gasteiger partial charge in [0.2, 0.25) is 0 Å². The number of nitrogens with zero attached hydrogens (tertiary/aromatic N) is 1. The Morgan fingerprint density at radius 2 is 1.65 bits per heavy atom. The second-order valence-corrected chi connectivity index (χ2v) is 9.16. The predicted octanol–water partition coefficient (Wildman–Crippen LogP) is 3.18. The number of rotatable bonds is 8. The maximum Gasteiger partial charge on any atom is 0.264 e. The molecule has 160 valence electrons. The molecule has 1 heterocycles. The highest BCUT2D eigenvalue weighted by atomic mass is 32.2. The molecule has 3 aromatic carbocycles. The molecule has 4 rings (SSSR count). The van der Waals surface area contributed by atoms with Crippen molar-refractivity contribution >= 4 is 21.6 Å². The molecule has 0 atom stereocenters. The van der Waals surface area contributed by atoms with Crippen molar-refractivity contribution < 1.29 is 17.9 Å². The number of fused-ring (bicyclic) bond motifs is 1.